The molecule has 28 heavy (non-hydrogen) atoms. The van der Waals surface area contributed by atoms with Crippen LogP contribution < -0.4 is 11.1 Å². The number of benzene rings is 1. The average molecular weight is 434 g/mol. The van der Waals surface area contributed by atoms with Crippen molar-refractivity contribution in [3.05, 3.63) is 35.4 Å². The van der Waals surface area contributed by atoms with Gasteiger partial charge < -0.3 is 20.5 Å². The van der Waals surface area contributed by atoms with Gasteiger partial charge in [0.25, 0.3) is 0 Å². The lowest BCUT2D eigenvalue weighted by Gasteiger charge is -2.35. The van der Waals surface area contributed by atoms with Crippen LogP contribution >= 0.6 is 24.8 Å². The Kier molecular flexibility index (Phi) is 10.2. The number of rotatable bonds is 5. The van der Waals surface area contributed by atoms with Crippen LogP contribution in [0.2, 0.25) is 0 Å². The topological polar surface area (TPSA) is 76.8 Å². The fourth-order valence-corrected chi connectivity index (χ4v) is 3.85. The Morgan fingerprint density at radius 1 is 1.14 bits per heavy atom. The quantitative estimate of drug-likeness (QED) is 0.744. The van der Waals surface area contributed by atoms with Gasteiger partial charge in [0.15, 0.2) is 0 Å². The third-order valence-corrected chi connectivity index (χ3v) is 5.28. The highest BCUT2D eigenvalue weighted by molar-refractivity contribution is 5.86. The van der Waals surface area contributed by atoms with Crippen molar-refractivity contribution in [3.63, 3.8) is 0 Å². The molecule has 8 heteroatoms. The first-order valence-corrected chi connectivity index (χ1v) is 9.56. The second-order valence-electron chi connectivity index (χ2n) is 7.67. The molecule has 0 radical (unpaired) electrons. The second-order valence-corrected chi connectivity index (χ2v) is 7.67. The summed E-state index contributed by atoms with van der Waals surface area (Å²) in [6, 6.07) is 8.29. The molecular weight excluding hydrogens is 401 g/mol. The van der Waals surface area contributed by atoms with Crippen LogP contribution in [0.4, 0.5) is 0 Å². The fourth-order valence-electron chi connectivity index (χ4n) is 3.85. The third kappa shape index (κ3) is 6.58. The number of hydrogen-bond acceptors (Lipinski definition) is 5. The van der Waals surface area contributed by atoms with Gasteiger partial charge in [-0.3, -0.25) is 9.69 Å². The SMILES string of the molecule is CC1CN(Cc2ccccc2CNC(=O)C2(N)CCOCC2)CC(C)O1.Cl.Cl. The Hall–Kier alpha value is -0.890. The standard InChI is InChI=1S/C20H31N3O3.2ClH/c1-15-12-23(13-16(2)26-15)14-18-6-4-3-5-17(18)11-22-19(24)20(21)7-9-25-10-8-20;;/h3-6,15-16H,7-14,21H2,1-2H3,(H,22,24);2*1H. The molecule has 1 aromatic carbocycles. The smallest absolute Gasteiger partial charge is 0.240 e. The van der Waals surface area contributed by atoms with Gasteiger partial charge in [-0.2, -0.15) is 0 Å². The van der Waals surface area contributed by atoms with Gasteiger partial charge in [0.1, 0.15) is 0 Å². The summed E-state index contributed by atoms with van der Waals surface area (Å²) in [7, 11) is 0. The van der Waals surface area contributed by atoms with Crippen LogP contribution in [0.15, 0.2) is 24.3 Å². The molecule has 160 valence electrons. The number of morpholine rings is 1. The molecule has 2 fully saturated rings. The van der Waals surface area contributed by atoms with E-state index in [2.05, 4.69) is 42.3 Å². The zero-order chi connectivity index (χ0) is 18.6. The minimum absolute atomic E-state index is 0. The first kappa shape index (κ1) is 25.1. The highest BCUT2D eigenvalue weighted by Crippen LogP contribution is 2.19. The number of hydrogen-bond donors (Lipinski definition) is 2. The summed E-state index contributed by atoms with van der Waals surface area (Å²) in [5, 5.41) is 3.04. The predicted molar refractivity (Wildman–Crippen MR) is 115 cm³/mol. The molecule has 0 saturated carbocycles. The molecule has 1 amide bonds. The molecule has 2 aliphatic heterocycles. The third-order valence-electron chi connectivity index (χ3n) is 5.28. The first-order valence-electron chi connectivity index (χ1n) is 9.56. The van der Waals surface area contributed by atoms with Crippen molar-refractivity contribution in [2.45, 2.75) is 57.5 Å². The van der Waals surface area contributed by atoms with Crippen molar-refractivity contribution in [2.75, 3.05) is 26.3 Å². The van der Waals surface area contributed by atoms with E-state index in [9.17, 15) is 4.79 Å². The highest BCUT2D eigenvalue weighted by atomic mass is 35.5. The molecule has 2 unspecified atom stereocenters. The molecule has 3 rings (SSSR count). The van der Waals surface area contributed by atoms with E-state index >= 15 is 0 Å². The van der Waals surface area contributed by atoms with E-state index in [-0.39, 0.29) is 42.9 Å². The molecule has 0 spiro atoms. The number of carbonyl (C=O) groups excluding carboxylic acids is 1. The number of carbonyl (C=O) groups is 1. The maximum Gasteiger partial charge on any atom is 0.240 e. The molecule has 0 bridgehead atoms. The van der Waals surface area contributed by atoms with Gasteiger partial charge in [0.05, 0.1) is 17.7 Å². The highest BCUT2D eigenvalue weighted by Gasteiger charge is 2.35. The number of nitrogens with one attached hydrogen (secondary N) is 1. The molecule has 0 aromatic heterocycles. The monoisotopic (exact) mass is 433 g/mol. The first-order chi connectivity index (χ1) is 12.5. The molecule has 2 aliphatic rings. The lowest BCUT2D eigenvalue weighted by molar-refractivity contribution is -0.129. The van der Waals surface area contributed by atoms with Crippen molar-refractivity contribution in [1.29, 1.82) is 0 Å². The van der Waals surface area contributed by atoms with Crippen LogP contribution in [-0.4, -0.2) is 54.9 Å². The van der Waals surface area contributed by atoms with Gasteiger partial charge in [0.2, 0.25) is 5.91 Å². The Morgan fingerprint density at radius 3 is 2.32 bits per heavy atom. The van der Waals surface area contributed by atoms with Crippen LogP contribution in [0, 0.1) is 0 Å². The molecule has 0 aliphatic carbocycles. The summed E-state index contributed by atoms with van der Waals surface area (Å²) in [6.45, 7) is 8.55. The Morgan fingerprint density at radius 2 is 1.71 bits per heavy atom. The van der Waals surface area contributed by atoms with Gasteiger partial charge >= 0.3 is 0 Å². The van der Waals surface area contributed by atoms with E-state index in [1.807, 2.05) is 6.07 Å². The van der Waals surface area contributed by atoms with Gasteiger partial charge in [0, 0.05) is 39.4 Å². The molecular formula is C20H33Cl2N3O3. The van der Waals surface area contributed by atoms with Crippen LogP contribution in [0.25, 0.3) is 0 Å². The van der Waals surface area contributed by atoms with Crippen molar-refractivity contribution in [2.24, 2.45) is 5.73 Å². The molecule has 2 saturated heterocycles. The van der Waals surface area contributed by atoms with Crippen molar-refractivity contribution in [3.8, 4) is 0 Å². The lowest BCUT2D eigenvalue weighted by Crippen LogP contribution is -2.56. The van der Waals surface area contributed by atoms with Gasteiger partial charge in [-0.25, -0.2) is 0 Å². The Balaban J connectivity index is 0.00000196. The molecule has 2 atom stereocenters. The predicted octanol–water partition coefficient (Wildman–Crippen LogP) is 2.26. The summed E-state index contributed by atoms with van der Waals surface area (Å²) in [6.07, 6.45) is 1.64. The molecule has 6 nitrogen and oxygen atoms in total. The summed E-state index contributed by atoms with van der Waals surface area (Å²) in [4.78, 5) is 15.0. The van der Waals surface area contributed by atoms with Crippen molar-refractivity contribution in [1.82, 2.24) is 10.2 Å². The average Bonchev–Trinajstić information content (AvgIpc) is 2.60. The molecule has 3 N–H and O–H groups in total. The largest absolute Gasteiger partial charge is 0.381 e. The van der Waals surface area contributed by atoms with Crippen LogP contribution in [0.1, 0.15) is 37.8 Å². The van der Waals surface area contributed by atoms with E-state index in [0.29, 0.717) is 32.6 Å². The maximum atomic E-state index is 12.6. The number of nitrogens with zero attached hydrogens (tertiary/aromatic N) is 1. The van der Waals surface area contributed by atoms with E-state index in [1.54, 1.807) is 0 Å². The normalized spacial score (nSPS) is 24.5. The summed E-state index contributed by atoms with van der Waals surface area (Å²) >= 11 is 0. The summed E-state index contributed by atoms with van der Waals surface area (Å²) in [5.74, 6) is -0.0794. The summed E-state index contributed by atoms with van der Waals surface area (Å²) < 4.78 is 11.1. The Labute approximate surface area is 180 Å². The second kappa shape index (κ2) is 11.3. The van der Waals surface area contributed by atoms with Crippen molar-refractivity contribution < 1.29 is 14.3 Å². The minimum atomic E-state index is -0.803. The molecule has 1 aromatic rings. The number of nitrogens with two attached hydrogens (primary N) is 1. The van der Waals surface area contributed by atoms with E-state index in [0.717, 1.165) is 25.2 Å². The van der Waals surface area contributed by atoms with E-state index in [4.69, 9.17) is 15.2 Å². The maximum absolute atomic E-state index is 12.6. The van der Waals surface area contributed by atoms with Crippen LogP contribution in [-0.2, 0) is 27.4 Å². The van der Waals surface area contributed by atoms with E-state index in [1.165, 1.54) is 5.56 Å². The van der Waals surface area contributed by atoms with Crippen LogP contribution in [0.5, 0.6) is 0 Å². The zero-order valence-corrected chi connectivity index (χ0v) is 18.3. The minimum Gasteiger partial charge on any atom is -0.381 e. The zero-order valence-electron chi connectivity index (χ0n) is 16.7. The van der Waals surface area contributed by atoms with Crippen molar-refractivity contribution >= 4 is 30.7 Å². The van der Waals surface area contributed by atoms with Gasteiger partial charge in [-0.1, -0.05) is 24.3 Å². The van der Waals surface area contributed by atoms with Gasteiger partial charge in [-0.05, 0) is 37.8 Å². The number of halogens is 2. The fraction of sp³-hybridized carbons (Fsp3) is 0.650. The lowest BCUT2D eigenvalue weighted by atomic mass is 9.90. The summed E-state index contributed by atoms with van der Waals surface area (Å²) in [5.41, 5.74) is 7.85. The Bertz CT molecular complexity index is 616. The van der Waals surface area contributed by atoms with Gasteiger partial charge in [-0.15, -0.1) is 24.8 Å². The van der Waals surface area contributed by atoms with Crippen LogP contribution in [0.3, 0.4) is 0 Å². The molecule has 2 heterocycles. The number of amides is 1. The number of ether oxygens (including phenoxy) is 2. The van der Waals surface area contributed by atoms with E-state index < -0.39 is 5.54 Å².